The monoisotopic (exact) mass is 188 g/mol. The summed E-state index contributed by atoms with van der Waals surface area (Å²) in [5.41, 5.74) is 0.164. The third-order valence-electron chi connectivity index (χ3n) is 2.02. The molecular weight excluding hydrogens is 168 g/mol. The summed E-state index contributed by atoms with van der Waals surface area (Å²) in [7, 11) is -1.36. The van der Waals surface area contributed by atoms with Crippen LogP contribution in [0.5, 0.6) is 0 Å². The zero-order valence-electron chi connectivity index (χ0n) is 8.81. The molecule has 0 aromatic carbocycles. The summed E-state index contributed by atoms with van der Waals surface area (Å²) in [6, 6.07) is 0. The van der Waals surface area contributed by atoms with Crippen LogP contribution in [0.3, 0.4) is 0 Å². The molecule has 0 aromatic heterocycles. The Bertz CT molecular complexity index is 149. The summed E-state index contributed by atoms with van der Waals surface area (Å²) in [4.78, 5) is 11.4. The Kier molecular flexibility index (Phi) is 4.53. The lowest BCUT2D eigenvalue weighted by atomic mass is 10.3. The average molecular weight is 188 g/mol. The minimum Gasteiger partial charge on any atom is -0.466 e. The van der Waals surface area contributed by atoms with E-state index in [1.54, 1.807) is 0 Å². The number of esters is 1. The van der Waals surface area contributed by atoms with Crippen molar-refractivity contribution in [3.05, 3.63) is 0 Å². The van der Waals surface area contributed by atoms with Crippen LogP contribution in [0.4, 0.5) is 0 Å². The fraction of sp³-hybridized carbons (Fsp3) is 0.889. The smallest absolute Gasteiger partial charge is 0.306 e. The van der Waals surface area contributed by atoms with Crippen LogP contribution in [0, 0.1) is 0 Å². The first-order valence-electron chi connectivity index (χ1n) is 4.60. The molecule has 0 N–H and O–H groups in total. The van der Waals surface area contributed by atoms with Crippen LogP contribution in [-0.4, -0.2) is 20.7 Å². The van der Waals surface area contributed by atoms with Crippen LogP contribution < -0.4 is 0 Å². The Hall–Kier alpha value is -0.313. The molecule has 2 nitrogen and oxygen atoms in total. The Labute approximate surface area is 76.3 Å². The normalized spacial score (nSPS) is 14.1. The van der Waals surface area contributed by atoms with Crippen molar-refractivity contribution in [1.82, 2.24) is 0 Å². The standard InChI is InChI=1S/C9H20O2Si/c1-6-8(12(3,4)5)9(10)11-7-2/h8H,6-7H2,1-5H3. The van der Waals surface area contributed by atoms with Crippen LogP contribution in [-0.2, 0) is 9.53 Å². The van der Waals surface area contributed by atoms with Gasteiger partial charge in [0.15, 0.2) is 0 Å². The molecule has 0 heterocycles. The molecule has 0 rings (SSSR count). The summed E-state index contributed by atoms with van der Waals surface area (Å²) in [5.74, 6) is -0.000772. The van der Waals surface area contributed by atoms with Gasteiger partial charge in [0.1, 0.15) is 0 Å². The maximum absolute atomic E-state index is 11.4. The second-order valence-corrected chi connectivity index (χ2v) is 9.51. The van der Waals surface area contributed by atoms with E-state index in [4.69, 9.17) is 4.74 Å². The maximum Gasteiger partial charge on any atom is 0.306 e. The van der Waals surface area contributed by atoms with Crippen LogP contribution >= 0.6 is 0 Å². The van der Waals surface area contributed by atoms with Gasteiger partial charge in [0.25, 0.3) is 0 Å². The quantitative estimate of drug-likeness (QED) is 0.501. The topological polar surface area (TPSA) is 26.3 Å². The summed E-state index contributed by atoms with van der Waals surface area (Å²) in [6.45, 7) is 11.0. The van der Waals surface area contributed by atoms with Gasteiger partial charge in [0.2, 0.25) is 0 Å². The van der Waals surface area contributed by atoms with Gasteiger partial charge in [-0.3, -0.25) is 4.79 Å². The number of carbonyl (C=O) groups excluding carboxylic acids is 1. The molecule has 1 atom stereocenters. The summed E-state index contributed by atoms with van der Waals surface area (Å²) >= 11 is 0. The molecule has 0 saturated carbocycles. The molecule has 1 unspecified atom stereocenters. The first kappa shape index (κ1) is 11.7. The molecule has 0 spiro atoms. The predicted molar refractivity (Wildman–Crippen MR) is 54.0 cm³/mol. The molecule has 0 bridgehead atoms. The summed E-state index contributed by atoms with van der Waals surface area (Å²) < 4.78 is 5.02. The Morgan fingerprint density at radius 1 is 1.33 bits per heavy atom. The van der Waals surface area contributed by atoms with Gasteiger partial charge in [-0.1, -0.05) is 26.6 Å². The van der Waals surface area contributed by atoms with E-state index < -0.39 is 8.07 Å². The molecule has 0 fully saturated rings. The third-order valence-corrected chi connectivity index (χ3v) is 4.76. The number of hydrogen-bond acceptors (Lipinski definition) is 2. The van der Waals surface area contributed by atoms with E-state index >= 15 is 0 Å². The molecule has 0 aliphatic rings. The van der Waals surface area contributed by atoms with Gasteiger partial charge in [-0.05, 0) is 13.3 Å². The molecule has 0 radical (unpaired) electrons. The molecule has 0 saturated heterocycles. The molecule has 0 aliphatic heterocycles. The number of carbonyl (C=O) groups is 1. The van der Waals surface area contributed by atoms with Gasteiger partial charge in [-0.25, -0.2) is 0 Å². The zero-order chi connectivity index (χ0) is 9.78. The Morgan fingerprint density at radius 3 is 2.08 bits per heavy atom. The number of rotatable bonds is 4. The van der Waals surface area contributed by atoms with Crippen LogP contribution in [0.2, 0.25) is 25.2 Å². The SMILES string of the molecule is CCOC(=O)C(CC)[Si](C)(C)C. The Balaban J connectivity index is 4.25. The van der Waals surface area contributed by atoms with E-state index in [1.807, 2.05) is 6.92 Å². The molecule has 72 valence electrons. The van der Waals surface area contributed by atoms with Gasteiger partial charge < -0.3 is 4.74 Å². The minimum absolute atomic E-state index is 0.000772. The number of ether oxygens (including phenoxy) is 1. The van der Waals surface area contributed by atoms with E-state index in [0.29, 0.717) is 6.61 Å². The lowest BCUT2D eigenvalue weighted by Gasteiger charge is -2.25. The van der Waals surface area contributed by atoms with Gasteiger partial charge in [0.05, 0.1) is 14.7 Å². The van der Waals surface area contributed by atoms with E-state index in [0.717, 1.165) is 6.42 Å². The fourth-order valence-electron chi connectivity index (χ4n) is 1.38. The van der Waals surface area contributed by atoms with Crippen molar-refractivity contribution < 1.29 is 9.53 Å². The fourth-order valence-corrected chi connectivity index (χ4v) is 3.39. The van der Waals surface area contributed by atoms with Gasteiger partial charge >= 0.3 is 5.97 Å². The summed E-state index contributed by atoms with van der Waals surface area (Å²) in [6.07, 6.45) is 0.911. The Morgan fingerprint density at radius 2 is 1.83 bits per heavy atom. The molecule has 3 heteroatoms. The van der Waals surface area contributed by atoms with E-state index in [-0.39, 0.29) is 11.5 Å². The average Bonchev–Trinajstić information content (AvgIpc) is 1.85. The van der Waals surface area contributed by atoms with Gasteiger partial charge in [0, 0.05) is 5.54 Å². The van der Waals surface area contributed by atoms with Crippen molar-refractivity contribution >= 4 is 14.0 Å². The van der Waals surface area contributed by atoms with E-state index in [2.05, 4.69) is 26.6 Å². The highest BCUT2D eigenvalue weighted by atomic mass is 28.3. The van der Waals surface area contributed by atoms with Crippen LogP contribution in [0.15, 0.2) is 0 Å². The second-order valence-electron chi connectivity index (χ2n) is 4.08. The number of hydrogen-bond donors (Lipinski definition) is 0. The second kappa shape index (κ2) is 4.65. The van der Waals surface area contributed by atoms with Gasteiger partial charge in [-0.15, -0.1) is 0 Å². The summed E-state index contributed by atoms with van der Waals surface area (Å²) in [5, 5.41) is 0. The van der Waals surface area contributed by atoms with Crippen molar-refractivity contribution in [3.8, 4) is 0 Å². The lowest BCUT2D eigenvalue weighted by Crippen LogP contribution is -2.34. The van der Waals surface area contributed by atoms with Crippen LogP contribution in [0.25, 0.3) is 0 Å². The van der Waals surface area contributed by atoms with Crippen molar-refractivity contribution in [2.45, 2.75) is 45.5 Å². The van der Waals surface area contributed by atoms with Gasteiger partial charge in [-0.2, -0.15) is 0 Å². The zero-order valence-corrected chi connectivity index (χ0v) is 9.81. The third kappa shape index (κ3) is 3.39. The lowest BCUT2D eigenvalue weighted by molar-refractivity contribution is -0.143. The maximum atomic E-state index is 11.4. The molecular formula is C9H20O2Si. The molecule has 0 aliphatic carbocycles. The predicted octanol–water partition coefficient (Wildman–Crippen LogP) is 2.67. The van der Waals surface area contributed by atoms with E-state index in [9.17, 15) is 4.79 Å². The highest BCUT2D eigenvalue weighted by Crippen LogP contribution is 2.26. The largest absolute Gasteiger partial charge is 0.466 e. The highest BCUT2D eigenvalue weighted by molar-refractivity contribution is 6.80. The first-order valence-corrected chi connectivity index (χ1v) is 8.17. The molecule has 0 aromatic rings. The van der Waals surface area contributed by atoms with Crippen molar-refractivity contribution in [3.63, 3.8) is 0 Å². The van der Waals surface area contributed by atoms with Crippen molar-refractivity contribution in [2.24, 2.45) is 0 Å². The van der Waals surface area contributed by atoms with E-state index in [1.165, 1.54) is 0 Å². The van der Waals surface area contributed by atoms with Crippen molar-refractivity contribution in [2.75, 3.05) is 6.61 Å². The highest BCUT2D eigenvalue weighted by Gasteiger charge is 2.32. The van der Waals surface area contributed by atoms with Crippen LogP contribution in [0.1, 0.15) is 20.3 Å². The molecule has 12 heavy (non-hydrogen) atoms. The van der Waals surface area contributed by atoms with Crippen molar-refractivity contribution in [1.29, 1.82) is 0 Å². The minimum atomic E-state index is -1.36. The molecule has 0 amide bonds. The first-order chi connectivity index (χ1) is 5.43.